The lowest BCUT2D eigenvalue weighted by molar-refractivity contribution is 0.0722. The monoisotopic (exact) mass is 405 g/mol. The average Bonchev–Trinajstić information content (AvgIpc) is 3.41. The number of hydrogen-bond acceptors (Lipinski definition) is 3. The van der Waals surface area contributed by atoms with Crippen LogP contribution in [0.15, 0.2) is 60.9 Å². The SMILES string of the molecule is OC(COc1cccc2[nH]ccc12)CN1CC=C(c2c[nH]c3cccc(F)c23)CC1. The molecule has 2 aromatic carbocycles. The van der Waals surface area contributed by atoms with E-state index in [0.717, 1.165) is 52.8 Å². The molecule has 0 bridgehead atoms. The van der Waals surface area contributed by atoms with Gasteiger partial charge in [0, 0.05) is 59.4 Å². The Labute approximate surface area is 173 Å². The van der Waals surface area contributed by atoms with Crippen molar-refractivity contribution < 1.29 is 14.2 Å². The molecule has 5 rings (SSSR count). The number of nitrogens with one attached hydrogen (secondary N) is 2. The number of fused-ring (bicyclic) bond motifs is 2. The van der Waals surface area contributed by atoms with E-state index in [9.17, 15) is 9.50 Å². The number of ether oxygens (including phenoxy) is 1. The van der Waals surface area contributed by atoms with Gasteiger partial charge in [0.05, 0.1) is 0 Å². The van der Waals surface area contributed by atoms with Crippen LogP contribution < -0.4 is 4.74 Å². The van der Waals surface area contributed by atoms with Crippen LogP contribution in [-0.4, -0.2) is 52.3 Å². The fourth-order valence-electron chi connectivity index (χ4n) is 4.23. The summed E-state index contributed by atoms with van der Waals surface area (Å²) < 4.78 is 20.1. The number of aliphatic hydroxyl groups excluding tert-OH is 1. The van der Waals surface area contributed by atoms with Gasteiger partial charge in [0.1, 0.15) is 24.3 Å². The number of aromatic amines is 2. The highest BCUT2D eigenvalue weighted by Crippen LogP contribution is 2.31. The van der Waals surface area contributed by atoms with Gasteiger partial charge in [-0.25, -0.2) is 4.39 Å². The van der Waals surface area contributed by atoms with Gasteiger partial charge in [-0.2, -0.15) is 0 Å². The van der Waals surface area contributed by atoms with Crippen LogP contribution in [0.25, 0.3) is 27.4 Å². The Morgan fingerprint density at radius 2 is 1.97 bits per heavy atom. The molecule has 1 aliphatic rings. The van der Waals surface area contributed by atoms with Crippen LogP contribution in [0, 0.1) is 5.82 Å². The van der Waals surface area contributed by atoms with Crippen molar-refractivity contribution in [3.05, 3.63) is 72.3 Å². The number of hydrogen-bond donors (Lipinski definition) is 3. The van der Waals surface area contributed by atoms with Crippen molar-refractivity contribution in [3.63, 3.8) is 0 Å². The molecule has 0 amide bonds. The minimum absolute atomic E-state index is 0.197. The molecule has 0 aliphatic carbocycles. The molecular formula is C24H24FN3O2. The molecule has 1 atom stereocenters. The van der Waals surface area contributed by atoms with Gasteiger partial charge in [0.15, 0.2) is 0 Å². The van der Waals surface area contributed by atoms with Crippen LogP contribution in [0.2, 0.25) is 0 Å². The molecule has 3 N–H and O–H groups in total. The Kier molecular flexibility index (Phi) is 5.02. The number of aromatic nitrogens is 2. The summed E-state index contributed by atoms with van der Waals surface area (Å²) in [7, 11) is 0. The van der Waals surface area contributed by atoms with Gasteiger partial charge in [0.25, 0.3) is 0 Å². The lowest BCUT2D eigenvalue weighted by Crippen LogP contribution is -2.38. The van der Waals surface area contributed by atoms with Crippen LogP contribution >= 0.6 is 0 Å². The van der Waals surface area contributed by atoms with E-state index in [0.29, 0.717) is 11.9 Å². The Morgan fingerprint density at radius 3 is 2.83 bits per heavy atom. The number of H-pyrrole nitrogens is 2. The highest BCUT2D eigenvalue weighted by molar-refractivity contribution is 5.93. The zero-order chi connectivity index (χ0) is 20.5. The third-order valence-electron chi connectivity index (χ3n) is 5.75. The van der Waals surface area contributed by atoms with E-state index < -0.39 is 6.10 Å². The highest BCUT2D eigenvalue weighted by Gasteiger charge is 2.19. The van der Waals surface area contributed by atoms with Crippen molar-refractivity contribution in [2.24, 2.45) is 0 Å². The molecule has 0 saturated heterocycles. The van der Waals surface area contributed by atoms with E-state index in [-0.39, 0.29) is 12.4 Å². The van der Waals surface area contributed by atoms with E-state index in [1.54, 1.807) is 6.07 Å². The predicted octanol–water partition coefficient (Wildman–Crippen LogP) is 4.32. The molecule has 0 spiro atoms. The minimum Gasteiger partial charge on any atom is -0.490 e. The van der Waals surface area contributed by atoms with Gasteiger partial charge in [-0.05, 0) is 42.3 Å². The number of nitrogens with zero attached hydrogens (tertiary/aromatic N) is 1. The van der Waals surface area contributed by atoms with Gasteiger partial charge in [0.2, 0.25) is 0 Å². The van der Waals surface area contributed by atoms with E-state index in [1.165, 1.54) is 6.07 Å². The number of aliphatic hydroxyl groups is 1. The van der Waals surface area contributed by atoms with E-state index in [2.05, 4.69) is 20.9 Å². The van der Waals surface area contributed by atoms with Gasteiger partial charge in [-0.3, -0.25) is 4.90 Å². The van der Waals surface area contributed by atoms with E-state index in [1.807, 2.05) is 42.7 Å². The normalized spacial score (nSPS) is 16.1. The summed E-state index contributed by atoms with van der Waals surface area (Å²) in [6, 6.07) is 12.9. The Balaban J connectivity index is 1.20. The topological polar surface area (TPSA) is 64.3 Å². The fraction of sp³-hybridized carbons (Fsp3) is 0.250. The minimum atomic E-state index is -0.584. The van der Waals surface area contributed by atoms with Crippen molar-refractivity contribution in [1.29, 1.82) is 0 Å². The Bertz CT molecular complexity index is 1210. The first-order valence-electron chi connectivity index (χ1n) is 10.2. The zero-order valence-corrected chi connectivity index (χ0v) is 16.6. The molecular weight excluding hydrogens is 381 g/mol. The second kappa shape index (κ2) is 7.97. The Morgan fingerprint density at radius 1 is 1.10 bits per heavy atom. The highest BCUT2D eigenvalue weighted by atomic mass is 19.1. The molecule has 1 aliphatic heterocycles. The largest absolute Gasteiger partial charge is 0.490 e. The smallest absolute Gasteiger partial charge is 0.133 e. The summed E-state index contributed by atoms with van der Waals surface area (Å²) in [4.78, 5) is 8.51. The maximum absolute atomic E-state index is 14.3. The molecule has 6 heteroatoms. The van der Waals surface area contributed by atoms with Gasteiger partial charge in [-0.15, -0.1) is 0 Å². The molecule has 1 unspecified atom stereocenters. The standard InChI is InChI=1S/C24H24FN3O2/c25-20-3-1-5-22-24(20)19(13-27-22)16-8-11-28(12-9-16)14-17(29)15-30-23-6-2-4-21-18(23)7-10-26-21/h1-8,10,13,17,26-27,29H,9,11-12,14-15H2. The van der Waals surface area contributed by atoms with Gasteiger partial charge >= 0.3 is 0 Å². The maximum atomic E-state index is 14.3. The predicted molar refractivity (Wildman–Crippen MR) is 117 cm³/mol. The number of β-amino-alcohol motifs (C(OH)–C–C–N with tert-alkyl or cyclic N) is 1. The summed E-state index contributed by atoms with van der Waals surface area (Å²) in [5.74, 6) is 0.576. The molecule has 30 heavy (non-hydrogen) atoms. The molecule has 4 aromatic rings. The zero-order valence-electron chi connectivity index (χ0n) is 16.6. The molecule has 0 fully saturated rings. The van der Waals surface area contributed by atoms with Crippen LogP contribution in [-0.2, 0) is 0 Å². The average molecular weight is 405 g/mol. The summed E-state index contributed by atoms with van der Waals surface area (Å²) in [5.41, 5.74) is 3.92. The van der Waals surface area contributed by atoms with Crippen molar-refractivity contribution in [2.45, 2.75) is 12.5 Å². The second-order valence-electron chi connectivity index (χ2n) is 7.76. The fourth-order valence-corrected chi connectivity index (χ4v) is 4.23. The lowest BCUT2D eigenvalue weighted by Gasteiger charge is -2.28. The molecule has 0 radical (unpaired) electrons. The first-order valence-corrected chi connectivity index (χ1v) is 10.2. The Hall–Kier alpha value is -3.09. The number of halogens is 1. The second-order valence-corrected chi connectivity index (χ2v) is 7.76. The van der Waals surface area contributed by atoms with Crippen molar-refractivity contribution in [3.8, 4) is 5.75 Å². The van der Waals surface area contributed by atoms with Crippen molar-refractivity contribution in [1.82, 2.24) is 14.9 Å². The van der Waals surface area contributed by atoms with E-state index >= 15 is 0 Å². The van der Waals surface area contributed by atoms with Gasteiger partial charge < -0.3 is 19.8 Å². The molecule has 5 nitrogen and oxygen atoms in total. The first kappa shape index (κ1) is 18.9. The molecule has 3 heterocycles. The first-order chi connectivity index (χ1) is 14.7. The maximum Gasteiger partial charge on any atom is 0.133 e. The summed E-state index contributed by atoms with van der Waals surface area (Å²) in [6.45, 7) is 2.32. The van der Waals surface area contributed by atoms with Crippen LogP contribution in [0.1, 0.15) is 12.0 Å². The summed E-state index contributed by atoms with van der Waals surface area (Å²) in [6.07, 6.45) is 6.13. The number of rotatable bonds is 6. The number of benzene rings is 2. The van der Waals surface area contributed by atoms with Crippen LogP contribution in [0.5, 0.6) is 5.75 Å². The third kappa shape index (κ3) is 3.60. The van der Waals surface area contributed by atoms with Gasteiger partial charge in [-0.1, -0.05) is 18.2 Å². The molecule has 154 valence electrons. The molecule has 0 saturated carbocycles. The van der Waals surface area contributed by atoms with E-state index in [4.69, 9.17) is 4.74 Å². The quantitative estimate of drug-likeness (QED) is 0.448. The van der Waals surface area contributed by atoms with Crippen LogP contribution in [0.3, 0.4) is 0 Å². The lowest BCUT2D eigenvalue weighted by atomic mass is 9.98. The van der Waals surface area contributed by atoms with Crippen molar-refractivity contribution in [2.75, 3.05) is 26.2 Å². The summed E-state index contributed by atoms with van der Waals surface area (Å²) >= 11 is 0. The van der Waals surface area contributed by atoms with Crippen molar-refractivity contribution >= 4 is 27.4 Å². The third-order valence-corrected chi connectivity index (χ3v) is 5.75. The summed E-state index contributed by atoms with van der Waals surface area (Å²) in [5, 5.41) is 12.1. The molecule has 2 aromatic heterocycles. The van der Waals surface area contributed by atoms with Crippen LogP contribution in [0.4, 0.5) is 4.39 Å².